The van der Waals surface area contributed by atoms with Crippen LogP contribution >= 0.6 is 0 Å². The van der Waals surface area contributed by atoms with Gasteiger partial charge in [0.25, 0.3) is 0 Å². The Morgan fingerprint density at radius 1 is 1.00 bits per heavy atom. The van der Waals surface area contributed by atoms with Crippen molar-refractivity contribution in [2.45, 2.75) is 12.2 Å². The number of hydrogen-bond donors (Lipinski definition) is 1. The van der Waals surface area contributed by atoms with Crippen molar-refractivity contribution in [2.24, 2.45) is 0 Å². The lowest BCUT2D eigenvalue weighted by Crippen LogP contribution is -2.16. The van der Waals surface area contributed by atoms with E-state index < -0.39 is 27.4 Å². The van der Waals surface area contributed by atoms with E-state index in [1.807, 2.05) is 0 Å². The molecule has 0 amide bonds. The Morgan fingerprint density at radius 3 is 2.52 bits per heavy atom. The molecule has 0 radical (unpaired) electrons. The lowest BCUT2D eigenvalue weighted by molar-refractivity contribution is 0.386. The molecule has 4 aromatic rings. The summed E-state index contributed by atoms with van der Waals surface area (Å²) in [5, 5.41) is 3.92. The number of halogens is 2. The Kier molecular flexibility index (Phi) is 5.72. The van der Waals surface area contributed by atoms with E-state index in [0.717, 1.165) is 12.1 Å². The summed E-state index contributed by atoms with van der Waals surface area (Å²) >= 11 is 0. The normalized spacial score (nSPS) is 11.4. The third-order valence-electron chi connectivity index (χ3n) is 4.29. The summed E-state index contributed by atoms with van der Waals surface area (Å²) in [7, 11) is -3.93. The first-order valence-electron chi connectivity index (χ1n) is 9.14. The number of nitrogens with zero attached hydrogens (tertiary/aromatic N) is 3. The van der Waals surface area contributed by atoms with E-state index in [4.69, 9.17) is 4.52 Å². The summed E-state index contributed by atoms with van der Waals surface area (Å²) in [5.74, 6) is -1.60. The summed E-state index contributed by atoms with van der Waals surface area (Å²) in [6, 6.07) is 12.9. The van der Waals surface area contributed by atoms with Crippen LogP contribution in [0.5, 0.6) is 0 Å². The maximum Gasteiger partial charge on any atom is 0.236 e. The minimum Gasteiger partial charge on any atom is -0.339 e. The van der Waals surface area contributed by atoms with Crippen LogP contribution in [0.15, 0.2) is 71.5 Å². The predicted octanol–water partition coefficient (Wildman–Crippen LogP) is 3.94. The molecule has 2 heterocycles. The number of pyridine rings is 1. The molecule has 0 spiro atoms. The summed E-state index contributed by atoms with van der Waals surface area (Å²) in [5.41, 5.74) is 1.59. The summed E-state index contributed by atoms with van der Waals surface area (Å²) < 4.78 is 59.6. The molecule has 31 heavy (non-hydrogen) atoms. The third-order valence-corrected chi connectivity index (χ3v) is 5.54. The SMILES string of the molecule is O=S(=O)(Cc1cc(F)cc(F)c1)Nc1ccccc1Cc1nc(-c2cccnc2)no1. The Morgan fingerprint density at radius 2 is 1.77 bits per heavy atom. The van der Waals surface area contributed by atoms with E-state index in [2.05, 4.69) is 19.8 Å². The van der Waals surface area contributed by atoms with E-state index in [1.54, 1.807) is 48.8 Å². The van der Waals surface area contributed by atoms with Gasteiger partial charge in [0.05, 0.1) is 17.9 Å². The quantitative estimate of drug-likeness (QED) is 0.466. The molecule has 4 rings (SSSR count). The molecule has 0 aliphatic rings. The molecule has 0 aliphatic heterocycles. The molecule has 0 bridgehead atoms. The first-order chi connectivity index (χ1) is 14.9. The van der Waals surface area contributed by atoms with Crippen molar-refractivity contribution in [1.82, 2.24) is 15.1 Å². The highest BCUT2D eigenvalue weighted by molar-refractivity contribution is 7.91. The van der Waals surface area contributed by atoms with Crippen molar-refractivity contribution in [2.75, 3.05) is 4.72 Å². The fraction of sp³-hybridized carbons (Fsp3) is 0.0952. The molecule has 0 fully saturated rings. The molecule has 0 aliphatic carbocycles. The van der Waals surface area contributed by atoms with Crippen LogP contribution in [-0.2, 0) is 22.2 Å². The average molecular weight is 442 g/mol. The molecule has 0 unspecified atom stereocenters. The van der Waals surface area contributed by atoms with Gasteiger partial charge in [0.2, 0.25) is 21.7 Å². The van der Waals surface area contributed by atoms with Gasteiger partial charge in [0, 0.05) is 24.0 Å². The Bertz CT molecular complexity index is 1290. The van der Waals surface area contributed by atoms with Crippen LogP contribution in [0.3, 0.4) is 0 Å². The molecule has 2 aromatic carbocycles. The van der Waals surface area contributed by atoms with Gasteiger partial charge in [0.1, 0.15) is 11.6 Å². The molecule has 0 saturated heterocycles. The van der Waals surface area contributed by atoms with Gasteiger partial charge in [-0.15, -0.1) is 0 Å². The van der Waals surface area contributed by atoms with Crippen LogP contribution in [-0.4, -0.2) is 23.5 Å². The highest BCUT2D eigenvalue weighted by atomic mass is 32.2. The second-order valence-electron chi connectivity index (χ2n) is 6.73. The molecule has 7 nitrogen and oxygen atoms in total. The summed E-state index contributed by atoms with van der Waals surface area (Å²) in [6.07, 6.45) is 3.41. The maximum atomic E-state index is 13.4. The van der Waals surface area contributed by atoms with Crippen LogP contribution < -0.4 is 4.72 Å². The largest absolute Gasteiger partial charge is 0.339 e. The zero-order chi connectivity index (χ0) is 21.8. The van der Waals surface area contributed by atoms with Crippen LogP contribution in [0.4, 0.5) is 14.5 Å². The van der Waals surface area contributed by atoms with E-state index in [9.17, 15) is 17.2 Å². The van der Waals surface area contributed by atoms with Crippen LogP contribution in [0.25, 0.3) is 11.4 Å². The molecule has 10 heteroatoms. The smallest absolute Gasteiger partial charge is 0.236 e. The van der Waals surface area contributed by atoms with Gasteiger partial charge >= 0.3 is 0 Å². The lowest BCUT2D eigenvalue weighted by Gasteiger charge is -2.12. The lowest BCUT2D eigenvalue weighted by atomic mass is 10.1. The van der Waals surface area contributed by atoms with Crippen LogP contribution in [0, 0.1) is 11.6 Å². The predicted molar refractivity (Wildman–Crippen MR) is 109 cm³/mol. The van der Waals surface area contributed by atoms with E-state index in [-0.39, 0.29) is 17.9 Å². The monoisotopic (exact) mass is 442 g/mol. The number of aromatic nitrogens is 3. The highest BCUT2D eigenvalue weighted by Gasteiger charge is 2.17. The zero-order valence-electron chi connectivity index (χ0n) is 16.0. The minimum atomic E-state index is -3.93. The second-order valence-corrected chi connectivity index (χ2v) is 8.45. The van der Waals surface area contributed by atoms with Gasteiger partial charge in [-0.3, -0.25) is 9.71 Å². The van der Waals surface area contributed by atoms with Gasteiger partial charge < -0.3 is 4.52 Å². The van der Waals surface area contributed by atoms with E-state index in [0.29, 0.717) is 28.7 Å². The van der Waals surface area contributed by atoms with Gasteiger partial charge in [-0.2, -0.15) is 4.98 Å². The summed E-state index contributed by atoms with van der Waals surface area (Å²) in [6.45, 7) is 0. The number of anilines is 1. The number of sulfonamides is 1. The molecule has 0 atom stereocenters. The van der Waals surface area contributed by atoms with Crippen molar-refractivity contribution < 1.29 is 21.7 Å². The molecular weight excluding hydrogens is 426 g/mol. The van der Waals surface area contributed by atoms with Crippen molar-refractivity contribution in [3.8, 4) is 11.4 Å². The molecule has 1 N–H and O–H groups in total. The zero-order valence-corrected chi connectivity index (χ0v) is 16.8. The van der Waals surface area contributed by atoms with Crippen molar-refractivity contribution >= 4 is 15.7 Å². The number of para-hydroxylation sites is 1. The van der Waals surface area contributed by atoms with Crippen LogP contribution in [0.1, 0.15) is 17.0 Å². The van der Waals surface area contributed by atoms with E-state index in [1.165, 1.54) is 0 Å². The van der Waals surface area contributed by atoms with Gasteiger partial charge in [-0.05, 0) is 41.5 Å². The second kappa shape index (κ2) is 8.60. The first-order valence-corrected chi connectivity index (χ1v) is 10.8. The topological polar surface area (TPSA) is 98.0 Å². The minimum absolute atomic E-state index is 0.000458. The number of hydrogen-bond acceptors (Lipinski definition) is 6. The highest BCUT2D eigenvalue weighted by Crippen LogP contribution is 2.22. The summed E-state index contributed by atoms with van der Waals surface area (Å²) in [4.78, 5) is 8.33. The Hall–Kier alpha value is -3.66. The number of rotatable bonds is 7. The molecule has 158 valence electrons. The van der Waals surface area contributed by atoms with Crippen LogP contribution in [0.2, 0.25) is 0 Å². The fourth-order valence-corrected chi connectivity index (χ4v) is 4.21. The van der Waals surface area contributed by atoms with Crippen molar-refractivity contribution in [1.29, 1.82) is 0 Å². The Balaban J connectivity index is 1.53. The maximum absolute atomic E-state index is 13.4. The standard InChI is InChI=1S/C21H16F2N4O3S/c22-17-8-14(9-18(23)11-17)13-31(28,29)27-19-6-2-1-4-15(19)10-20-25-21(26-30-20)16-5-3-7-24-12-16/h1-9,11-12,27H,10,13H2. The average Bonchev–Trinajstić information content (AvgIpc) is 3.17. The fourth-order valence-electron chi connectivity index (χ4n) is 2.99. The number of nitrogens with one attached hydrogen (secondary N) is 1. The molecule has 2 aromatic heterocycles. The van der Waals surface area contributed by atoms with Crippen molar-refractivity contribution in [3.63, 3.8) is 0 Å². The molecule has 0 saturated carbocycles. The van der Waals surface area contributed by atoms with Gasteiger partial charge in [-0.25, -0.2) is 17.2 Å². The van der Waals surface area contributed by atoms with E-state index >= 15 is 0 Å². The van der Waals surface area contributed by atoms with Crippen molar-refractivity contribution in [3.05, 3.63) is 95.6 Å². The van der Waals surface area contributed by atoms with Gasteiger partial charge in [0.15, 0.2) is 0 Å². The molecular formula is C21H16F2N4O3S. The first kappa shape index (κ1) is 20.6. The number of benzene rings is 2. The third kappa shape index (κ3) is 5.28. The van der Waals surface area contributed by atoms with Gasteiger partial charge in [-0.1, -0.05) is 23.4 Å². The Labute approximate surface area is 176 Å².